The molecule has 4 nitrogen and oxygen atoms in total. The Balaban J connectivity index is 2.01. The van der Waals surface area contributed by atoms with Gasteiger partial charge in [-0.25, -0.2) is 4.39 Å². The summed E-state index contributed by atoms with van der Waals surface area (Å²) in [5.74, 6) is 0.336. The number of nitrogens with two attached hydrogens (primary N) is 1. The molecule has 0 aliphatic heterocycles. The minimum absolute atomic E-state index is 0.315. The standard InChI is InChI=1S/C14H8Br2FN3O/c15-8-2-3-9(12(18)6-8)14-19-13(20-21-14)7-1-4-11(17)10(16)5-7/h1-6H,18H2. The van der Waals surface area contributed by atoms with Gasteiger partial charge in [-0.2, -0.15) is 4.98 Å². The quantitative estimate of drug-likeness (QED) is 0.622. The van der Waals surface area contributed by atoms with Gasteiger partial charge in [0.2, 0.25) is 5.82 Å². The molecular formula is C14H8Br2FN3O. The lowest BCUT2D eigenvalue weighted by molar-refractivity contribution is 0.432. The maximum Gasteiger partial charge on any atom is 0.260 e. The van der Waals surface area contributed by atoms with Crippen molar-refractivity contribution in [3.63, 3.8) is 0 Å². The molecule has 0 unspecified atom stereocenters. The van der Waals surface area contributed by atoms with E-state index in [1.54, 1.807) is 24.3 Å². The van der Waals surface area contributed by atoms with Crippen LogP contribution < -0.4 is 5.73 Å². The summed E-state index contributed by atoms with van der Waals surface area (Å²) < 4.78 is 19.7. The van der Waals surface area contributed by atoms with E-state index in [0.717, 1.165) is 4.47 Å². The molecular weight excluding hydrogens is 405 g/mol. The van der Waals surface area contributed by atoms with Crippen LogP contribution in [0.15, 0.2) is 49.9 Å². The number of hydrogen-bond acceptors (Lipinski definition) is 4. The molecule has 106 valence electrons. The van der Waals surface area contributed by atoms with Crippen molar-refractivity contribution in [2.45, 2.75) is 0 Å². The molecule has 0 amide bonds. The lowest BCUT2D eigenvalue weighted by atomic mass is 10.2. The Morgan fingerprint density at radius 3 is 2.62 bits per heavy atom. The van der Waals surface area contributed by atoms with Crippen LogP contribution in [0.2, 0.25) is 0 Å². The van der Waals surface area contributed by atoms with Crippen LogP contribution in [-0.2, 0) is 0 Å². The SMILES string of the molecule is Nc1cc(Br)ccc1-c1nc(-c2ccc(F)c(Br)c2)no1. The Morgan fingerprint density at radius 1 is 1.10 bits per heavy atom. The van der Waals surface area contributed by atoms with Gasteiger partial charge in [-0.3, -0.25) is 0 Å². The minimum atomic E-state index is -0.348. The molecule has 0 aliphatic rings. The van der Waals surface area contributed by atoms with Gasteiger partial charge in [-0.15, -0.1) is 0 Å². The number of halogens is 3. The third-order valence-corrected chi connectivity index (χ3v) is 3.95. The fourth-order valence-electron chi connectivity index (χ4n) is 1.81. The van der Waals surface area contributed by atoms with E-state index >= 15 is 0 Å². The minimum Gasteiger partial charge on any atom is -0.398 e. The second-order valence-electron chi connectivity index (χ2n) is 4.28. The molecule has 0 aliphatic carbocycles. The summed E-state index contributed by atoms with van der Waals surface area (Å²) in [6.07, 6.45) is 0. The van der Waals surface area contributed by atoms with Gasteiger partial charge in [0.25, 0.3) is 5.89 Å². The molecule has 1 aromatic heterocycles. The summed E-state index contributed by atoms with van der Waals surface area (Å²) in [6.45, 7) is 0. The monoisotopic (exact) mass is 411 g/mol. The normalized spacial score (nSPS) is 10.8. The first-order chi connectivity index (χ1) is 10.0. The first kappa shape index (κ1) is 14.2. The molecule has 0 spiro atoms. The van der Waals surface area contributed by atoms with Crippen molar-refractivity contribution in [1.82, 2.24) is 10.1 Å². The zero-order valence-electron chi connectivity index (χ0n) is 10.5. The molecule has 0 bridgehead atoms. The number of nitrogens with zero attached hydrogens (tertiary/aromatic N) is 2. The van der Waals surface area contributed by atoms with Gasteiger partial charge in [-0.1, -0.05) is 21.1 Å². The third kappa shape index (κ3) is 2.84. The lowest BCUT2D eigenvalue weighted by Crippen LogP contribution is -1.90. The van der Waals surface area contributed by atoms with E-state index in [-0.39, 0.29) is 5.82 Å². The largest absolute Gasteiger partial charge is 0.398 e. The van der Waals surface area contributed by atoms with E-state index < -0.39 is 0 Å². The highest BCUT2D eigenvalue weighted by molar-refractivity contribution is 9.10. The van der Waals surface area contributed by atoms with Crippen molar-refractivity contribution in [3.05, 3.63) is 51.2 Å². The van der Waals surface area contributed by atoms with Gasteiger partial charge < -0.3 is 10.3 Å². The number of nitrogen functional groups attached to an aromatic ring is 1. The van der Waals surface area contributed by atoms with Crippen LogP contribution in [0.5, 0.6) is 0 Å². The first-order valence-corrected chi connectivity index (χ1v) is 7.48. The third-order valence-electron chi connectivity index (χ3n) is 2.85. The Bertz CT molecular complexity index is 820. The van der Waals surface area contributed by atoms with Crippen LogP contribution in [0.25, 0.3) is 22.8 Å². The van der Waals surface area contributed by atoms with Crippen LogP contribution in [0, 0.1) is 5.82 Å². The van der Waals surface area contributed by atoms with Gasteiger partial charge in [-0.05, 0) is 52.3 Å². The van der Waals surface area contributed by atoms with Crippen LogP contribution in [0.1, 0.15) is 0 Å². The van der Waals surface area contributed by atoms with E-state index in [1.165, 1.54) is 6.07 Å². The van der Waals surface area contributed by atoms with Crippen LogP contribution in [0.3, 0.4) is 0 Å². The second kappa shape index (κ2) is 5.57. The zero-order valence-corrected chi connectivity index (χ0v) is 13.7. The fourth-order valence-corrected chi connectivity index (χ4v) is 2.57. The number of rotatable bonds is 2. The molecule has 0 atom stereocenters. The molecule has 3 aromatic rings. The predicted octanol–water partition coefficient (Wildman–Crippen LogP) is 4.65. The van der Waals surface area contributed by atoms with Crippen LogP contribution in [0.4, 0.5) is 10.1 Å². The smallest absolute Gasteiger partial charge is 0.260 e. The number of benzene rings is 2. The molecule has 21 heavy (non-hydrogen) atoms. The molecule has 1 heterocycles. The van der Waals surface area contributed by atoms with Crippen molar-refractivity contribution in [3.8, 4) is 22.8 Å². The van der Waals surface area contributed by atoms with Gasteiger partial charge in [0.05, 0.1) is 10.0 Å². The molecule has 3 rings (SSSR count). The van der Waals surface area contributed by atoms with Gasteiger partial charge in [0.1, 0.15) is 5.82 Å². The molecule has 0 radical (unpaired) electrons. The highest BCUT2D eigenvalue weighted by Crippen LogP contribution is 2.30. The zero-order chi connectivity index (χ0) is 15.0. The van der Waals surface area contributed by atoms with E-state index in [4.69, 9.17) is 10.3 Å². The summed E-state index contributed by atoms with van der Waals surface area (Å²) >= 11 is 6.47. The summed E-state index contributed by atoms with van der Waals surface area (Å²) in [5.41, 5.74) is 7.76. The molecule has 0 fully saturated rings. The summed E-state index contributed by atoms with van der Waals surface area (Å²) in [4.78, 5) is 4.30. The van der Waals surface area contributed by atoms with Crippen molar-refractivity contribution in [1.29, 1.82) is 0 Å². The Labute approximate surface area is 136 Å². The van der Waals surface area contributed by atoms with E-state index in [0.29, 0.717) is 33.0 Å². The molecule has 0 saturated heterocycles. The topological polar surface area (TPSA) is 64.9 Å². The second-order valence-corrected chi connectivity index (χ2v) is 6.05. The number of aromatic nitrogens is 2. The average Bonchev–Trinajstić information content (AvgIpc) is 2.91. The highest BCUT2D eigenvalue weighted by atomic mass is 79.9. The lowest BCUT2D eigenvalue weighted by Gasteiger charge is -2.00. The van der Waals surface area contributed by atoms with E-state index in [1.807, 2.05) is 6.07 Å². The van der Waals surface area contributed by atoms with Gasteiger partial charge in [0, 0.05) is 15.7 Å². The Morgan fingerprint density at radius 2 is 1.90 bits per heavy atom. The maximum absolute atomic E-state index is 13.2. The van der Waals surface area contributed by atoms with E-state index in [9.17, 15) is 4.39 Å². The molecule has 2 N–H and O–H groups in total. The molecule has 0 saturated carbocycles. The van der Waals surface area contributed by atoms with Crippen molar-refractivity contribution in [2.75, 3.05) is 5.73 Å². The summed E-state index contributed by atoms with van der Waals surface area (Å²) in [6, 6.07) is 9.90. The fraction of sp³-hybridized carbons (Fsp3) is 0. The predicted molar refractivity (Wildman–Crippen MR) is 84.9 cm³/mol. The molecule has 2 aromatic carbocycles. The van der Waals surface area contributed by atoms with Crippen molar-refractivity contribution in [2.24, 2.45) is 0 Å². The first-order valence-electron chi connectivity index (χ1n) is 5.89. The highest BCUT2D eigenvalue weighted by Gasteiger charge is 2.14. The summed E-state index contributed by atoms with van der Waals surface area (Å²) in [5, 5.41) is 3.90. The molecule has 7 heteroatoms. The Kier molecular flexibility index (Phi) is 3.77. The van der Waals surface area contributed by atoms with Crippen molar-refractivity contribution < 1.29 is 8.91 Å². The van der Waals surface area contributed by atoms with E-state index in [2.05, 4.69) is 42.0 Å². The average molecular weight is 413 g/mol. The van der Waals surface area contributed by atoms with Crippen LogP contribution in [-0.4, -0.2) is 10.1 Å². The number of anilines is 1. The van der Waals surface area contributed by atoms with Gasteiger partial charge >= 0.3 is 0 Å². The maximum atomic E-state index is 13.2. The van der Waals surface area contributed by atoms with Gasteiger partial charge in [0.15, 0.2) is 0 Å². The Hall–Kier alpha value is -1.73. The summed E-state index contributed by atoms with van der Waals surface area (Å²) in [7, 11) is 0. The number of hydrogen-bond donors (Lipinski definition) is 1. The van der Waals surface area contributed by atoms with Crippen molar-refractivity contribution >= 4 is 37.5 Å². The van der Waals surface area contributed by atoms with Crippen LogP contribution >= 0.6 is 31.9 Å².